The van der Waals surface area contributed by atoms with Gasteiger partial charge in [-0.25, -0.2) is 4.98 Å². The highest BCUT2D eigenvalue weighted by Crippen LogP contribution is 2.21. The fraction of sp³-hybridized carbons (Fsp3) is 0.190. The maximum absolute atomic E-state index is 12.3. The van der Waals surface area contributed by atoms with Gasteiger partial charge in [-0.05, 0) is 31.5 Å². The first kappa shape index (κ1) is 18.5. The molecule has 29 heavy (non-hydrogen) atoms. The minimum Gasteiger partial charge on any atom is -0.350 e. The highest BCUT2D eigenvalue weighted by molar-refractivity contribution is 5.76. The van der Waals surface area contributed by atoms with Crippen LogP contribution in [0.2, 0.25) is 0 Å². The Morgan fingerprint density at radius 1 is 1.17 bits per heavy atom. The number of nitrogens with one attached hydrogen (secondary N) is 1. The van der Waals surface area contributed by atoms with Crippen LogP contribution in [0.1, 0.15) is 17.0 Å². The maximum atomic E-state index is 12.3. The Labute approximate surface area is 167 Å². The summed E-state index contributed by atoms with van der Waals surface area (Å²) in [6.45, 7) is 4.51. The third-order valence-corrected chi connectivity index (χ3v) is 4.43. The van der Waals surface area contributed by atoms with Gasteiger partial charge in [0.05, 0.1) is 5.56 Å². The number of benzene rings is 1. The summed E-state index contributed by atoms with van der Waals surface area (Å²) in [6.07, 6.45) is 5.08. The highest BCUT2D eigenvalue weighted by atomic mass is 16.5. The minimum absolute atomic E-state index is 0.0947. The van der Waals surface area contributed by atoms with E-state index in [1.165, 1.54) is 0 Å². The molecule has 8 heteroatoms. The number of aromatic nitrogens is 5. The van der Waals surface area contributed by atoms with E-state index in [4.69, 9.17) is 4.52 Å². The molecule has 0 bridgehead atoms. The van der Waals surface area contributed by atoms with Crippen molar-refractivity contribution in [1.82, 2.24) is 30.0 Å². The molecule has 0 unspecified atom stereocenters. The van der Waals surface area contributed by atoms with Crippen molar-refractivity contribution in [3.8, 4) is 23.0 Å². The number of rotatable bonds is 6. The number of nitrogens with zero attached hydrogens (tertiary/aromatic N) is 5. The van der Waals surface area contributed by atoms with Crippen molar-refractivity contribution in [2.24, 2.45) is 0 Å². The largest absolute Gasteiger partial charge is 0.350 e. The van der Waals surface area contributed by atoms with Crippen LogP contribution in [0.5, 0.6) is 0 Å². The van der Waals surface area contributed by atoms with E-state index in [2.05, 4.69) is 31.5 Å². The molecule has 3 heterocycles. The Balaban J connectivity index is 1.43. The van der Waals surface area contributed by atoms with Gasteiger partial charge in [0.1, 0.15) is 18.1 Å². The lowest BCUT2D eigenvalue weighted by atomic mass is 10.1. The molecular weight excluding hydrogens is 368 g/mol. The van der Waals surface area contributed by atoms with Gasteiger partial charge in [0.15, 0.2) is 0 Å². The predicted molar refractivity (Wildman–Crippen MR) is 107 cm³/mol. The van der Waals surface area contributed by atoms with Crippen LogP contribution in [0.3, 0.4) is 0 Å². The number of hydrogen-bond acceptors (Lipinski definition) is 6. The van der Waals surface area contributed by atoms with Crippen LogP contribution in [-0.2, 0) is 17.9 Å². The normalized spacial score (nSPS) is 10.8. The standard InChI is InChI=1S/C21H20N6O2/c1-14-5-3-6-16(9-14)10-23-19(28)13-27-12-18(24-15(27)2)20-25-21(29-26-20)17-7-4-8-22-11-17/h3-9,11-12H,10,13H2,1-2H3,(H,23,28). The lowest BCUT2D eigenvalue weighted by molar-refractivity contribution is -0.121. The summed E-state index contributed by atoms with van der Waals surface area (Å²) in [6, 6.07) is 11.7. The summed E-state index contributed by atoms with van der Waals surface area (Å²) in [7, 11) is 0. The molecule has 4 aromatic rings. The molecule has 4 rings (SSSR count). The first-order chi connectivity index (χ1) is 14.1. The summed E-state index contributed by atoms with van der Waals surface area (Å²) < 4.78 is 7.07. The Morgan fingerprint density at radius 2 is 2.07 bits per heavy atom. The Morgan fingerprint density at radius 3 is 2.86 bits per heavy atom. The van der Waals surface area contributed by atoms with Gasteiger partial charge in [-0.1, -0.05) is 35.0 Å². The lowest BCUT2D eigenvalue weighted by Gasteiger charge is -2.07. The SMILES string of the molecule is Cc1cccc(CNC(=O)Cn2cc(-c3noc(-c4cccnc4)n3)nc2C)c1. The summed E-state index contributed by atoms with van der Waals surface area (Å²) in [4.78, 5) is 25.2. The summed E-state index contributed by atoms with van der Waals surface area (Å²) in [5, 5.41) is 6.92. The zero-order valence-electron chi connectivity index (χ0n) is 16.2. The second-order valence-electron chi connectivity index (χ2n) is 6.73. The van der Waals surface area contributed by atoms with Crippen molar-refractivity contribution in [2.45, 2.75) is 26.9 Å². The molecule has 146 valence electrons. The molecule has 0 radical (unpaired) electrons. The molecular formula is C21H20N6O2. The van der Waals surface area contributed by atoms with E-state index in [1.54, 1.807) is 29.2 Å². The number of amides is 1. The zero-order valence-corrected chi connectivity index (χ0v) is 16.2. The maximum Gasteiger partial charge on any atom is 0.259 e. The molecule has 0 saturated carbocycles. The highest BCUT2D eigenvalue weighted by Gasteiger charge is 2.15. The molecule has 3 aromatic heterocycles. The van der Waals surface area contributed by atoms with Crippen molar-refractivity contribution < 1.29 is 9.32 Å². The number of carbonyl (C=O) groups is 1. The van der Waals surface area contributed by atoms with Gasteiger partial charge in [0.25, 0.3) is 5.89 Å². The number of hydrogen-bond donors (Lipinski definition) is 1. The van der Waals surface area contributed by atoms with Crippen LogP contribution >= 0.6 is 0 Å². The van der Waals surface area contributed by atoms with Crippen molar-refractivity contribution in [1.29, 1.82) is 0 Å². The second-order valence-corrected chi connectivity index (χ2v) is 6.73. The summed E-state index contributed by atoms with van der Waals surface area (Å²) in [5.74, 6) is 1.34. The number of carbonyl (C=O) groups excluding carboxylic acids is 1. The van der Waals surface area contributed by atoms with Gasteiger partial charge in [0.2, 0.25) is 11.7 Å². The fourth-order valence-corrected chi connectivity index (χ4v) is 2.94. The topological polar surface area (TPSA) is 98.7 Å². The van der Waals surface area contributed by atoms with Crippen LogP contribution in [0, 0.1) is 13.8 Å². The van der Waals surface area contributed by atoms with E-state index in [9.17, 15) is 4.79 Å². The first-order valence-electron chi connectivity index (χ1n) is 9.19. The summed E-state index contributed by atoms with van der Waals surface area (Å²) in [5.41, 5.74) is 3.51. The fourth-order valence-electron chi connectivity index (χ4n) is 2.94. The first-order valence-corrected chi connectivity index (χ1v) is 9.19. The monoisotopic (exact) mass is 388 g/mol. The Kier molecular flexibility index (Phi) is 5.15. The van der Waals surface area contributed by atoms with E-state index in [0.29, 0.717) is 29.8 Å². The molecule has 0 aliphatic carbocycles. The molecule has 8 nitrogen and oxygen atoms in total. The van der Waals surface area contributed by atoms with Crippen LogP contribution in [-0.4, -0.2) is 30.6 Å². The van der Waals surface area contributed by atoms with Gasteiger partial charge in [-0.15, -0.1) is 0 Å². The van der Waals surface area contributed by atoms with Crippen molar-refractivity contribution >= 4 is 5.91 Å². The van der Waals surface area contributed by atoms with Gasteiger partial charge < -0.3 is 14.4 Å². The van der Waals surface area contributed by atoms with Crippen LogP contribution < -0.4 is 5.32 Å². The Bertz CT molecular complexity index is 1130. The third kappa shape index (κ3) is 4.37. The van der Waals surface area contributed by atoms with Gasteiger partial charge in [0, 0.05) is 25.1 Å². The van der Waals surface area contributed by atoms with Crippen molar-refractivity contribution in [2.75, 3.05) is 0 Å². The molecule has 1 amide bonds. The van der Waals surface area contributed by atoms with Crippen molar-refractivity contribution in [3.63, 3.8) is 0 Å². The average molecular weight is 388 g/mol. The quantitative estimate of drug-likeness (QED) is 0.545. The predicted octanol–water partition coefficient (Wildman–Crippen LogP) is 2.93. The molecule has 1 aromatic carbocycles. The zero-order chi connectivity index (χ0) is 20.2. The van der Waals surface area contributed by atoms with Gasteiger partial charge in [-0.3, -0.25) is 9.78 Å². The molecule has 0 aliphatic rings. The van der Waals surface area contributed by atoms with E-state index < -0.39 is 0 Å². The van der Waals surface area contributed by atoms with E-state index in [0.717, 1.165) is 16.7 Å². The number of imidazole rings is 1. The van der Waals surface area contributed by atoms with Crippen LogP contribution in [0.4, 0.5) is 0 Å². The van der Waals surface area contributed by atoms with E-state index >= 15 is 0 Å². The van der Waals surface area contributed by atoms with Gasteiger partial charge in [-0.2, -0.15) is 4.98 Å². The molecule has 1 N–H and O–H groups in total. The molecule has 0 aliphatic heterocycles. The molecule has 0 spiro atoms. The van der Waals surface area contributed by atoms with Gasteiger partial charge >= 0.3 is 0 Å². The second kappa shape index (κ2) is 8.05. The molecule has 0 saturated heterocycles. The number of pyridine rings is 1. The third-order valence-electron chi connectivity index (χ3n) is 4.43. The van der Waals surface area contributed by atoms with Crippen LogP contribution in [0.25, 0.3) is 23.0 Å². The minimum atomic E-state index is -0.0947. The molecule has 0 fully saturated rings. The summed E-state index contributed by atoms with van der Waals surface area (Å²) >= 11 is 0. The average Bonchev–Trinajstić information content (AvgIpc) is 3.35. The van der Waals surface area contributed by atoms with Crippen molar-refractivity contribution in [3.05, 3.63) is 71.9 Å². The van der Waals surface area contributed by atoms with E-state index in [1.807, 2.05) is 38.1 Å². The number of aryl methyl sites for hydroxylation is 2. The molecule has 0 atom stereocenters. The Hall–Kier alpha value is -3.81. The smallest absolute Gasteiger partial charge is 0.259 e. The van der Waals surface area contributed by atoms with E-state index in [-0.39, 0.29) is 12.5 Å². The lowest BCUT2D eigenvalue weighted by Crippen LogP contribution is -2.27. The van der Waals surface area contributed by atoms with Crippen LogP contribution in [0.15, 0.2) is 59.5 Å².